The molecule has 0 saturated carbocycles. The number of nitrogens with zero attached hydrogens (tertiary/aromatic N) is 3. The van der Waals surface area contributed by atoms with Crippen molar-refractivity contribution in [3.8, 4) is 34.6 Å². The molecular weight excluding hydrogens is 416 g/mol. The van der Waals surface area contributed by atoms with Crippen LogP contribution in [0.15, 0.2) is 60.0 Å². The first-order valence-corrected chi connectivity index (χ1v) is 10.5. The molecule has 5 rings (SSSR count). The lowest BCUT2D eigenvalue weighted by Crippen LogP contribution is -2.10. The molecule has 0 unspecified atom stereocenters. The van der Waals surface area contributed by atoms with Crippen LogP contribution in [0.3, 0.4) is 0 Å². The minimum Gasteiger partial charge on any atom is -0.463 e. The fourth-order valence-corrected chi connectivity index (χ4v) is 3.79. The number of carbonyl (C=O) groups is 1. The molecule has 1 amide bonds. The highest BCUT2D eigenvalue weighted by Crippen LogP contribution is 2.36. The Balaban J connectivity index is 1.46. The van der Waals surface area contributed by atoms with Gasteiger partial charge in [0.25, 0.3) is 5.91 Å². The summed E-state index contributed by atoms with van der Waals surface area (Å²) in [7, 11) is 0. The zero-order valence-corrected chi connectivity index (χ0v) is 17.4. The molecule has 1 aliphatic rings. The third kappa shape index (κ3) is 3.82. The van der Waals surface area contributed by atoms with E-state index in [4.69, 9.17) is 14.2 Å². The van der Waals surface area contributed by atoms with Crippen molar-refractivity contribution in [2.24, 2.45) is 0 Å². The van der Waals surface area contributed by atoms with Gasteiger partial charge in [0.15, 0.2) is 17.3 Å². The average molecular weight is 434 g/mol. The van der Waals surface area contributed by atoms with E-state index >= 15 is 0 Å². The molecule has 0 radical (unpaired) electrons. The SMILES string of the molecule is CCOc1nc(-c2ccc3c(c2)OCO3)n(-c2ccc(NC(=O)c3cccs3)cc2)n1. The van der Waals surface area contributed by atoms with Gasteiger partial charge in [0.1, 0.15) is 0 Å². The van der Waals surface area contributed by atoms with Crippen LogP contribution in [-0.2, 0) is 0 Å². The highest BCUT2D eigenvalue weighted by Gasteiger charge is 2.19. The topological polar surface area (TPSA) is 87.5 Å². The molecule has 0 saturated heterocycles. The molecule has 0 spiro atoms. The number of ether oxygens (including phenoxy) is 3. The molecule has 0 bridgehead atoms. The van der Waals surface area contributed by atoms with Gasteiger partial charge in [-0.2, -0.15) is 4.98 Å². The smallest absolute Gasteiger partial charge is 0.336 e. The van der Waals surface area contributed by atoms with Gasteiger partial charge in [-0.3, -0.25) is 4.79 Å². The summed E-state index contributed by atoms with van der Waals surface area (Å²) in [5.74, 6) is 1.84. The minimum atomic E-state index is -0.136. The van der Waals surface area contributed by atoms with Gasteiger partial charge in [-0.25, -0.2) is 4.68 Å². The van der Waals surface area contributed by atoms with E-state index in [1.54, 1.807) is 10.7 Å². The van der Waals surface area contributed by atoms with Gasteiger partial charge in [0.2, 0.25) is 6.79 Å². The van der Waals surface area contributed by atoms with E-state index in [2.05, 4.69) is 15.4 Å². The van der Waals surface area contributed by atoms with Crippen LogP contribution in [0.5, 0.6) is 17.5 Å². The fourth-order valence-electron chi connectivity index (χ4n) is 3.17. The van der Waals surface area contributed by atoms with Gasteiger partial charge in [0.05, 0.1) is 17.2 Å². The standard InChI is InChI=1S/C22H18N4O4S/c1-2-28-22-24-20(14-5-10-17-18(12-14)30-13-29-17)26(25-22)16-8-6-15(7-9-16)23-21(27)19-4-3-11-31-19/h3-12H,2,13H2,1H3,(H,23,27). The predicted octanol–water partition coefficient (Wildman–Crippen LogP) is 4.38. The summed E-state index contributed by atoms with van der Waals surface area (Å²) >= 11 is 1.40. The maximum atomic E-state index is 12.3. The van der Waals surface area contributed by atoms with Gasteiger partial charge in [0, 0.05) is 11.3 Å². The highest BCUT2D eigenvalue weighted by atomic mass is 32.1. The normalized spacial score (nSPS) is 12.0. The number of thiophene rings is 1. The minimum absolute atomic E-state index is 0.136. The third-order valence-electron chi connectivity index (χ3n) is 4.61. The summed E-state index contributed by atoms with van der Waals surface area (Å²) < 4.78 is 18.1. The van der Waals surface area contributed by atoms with Gasteiger partial charge in [-0.15, -0.1) is 16.4 Å². The van der Waals surface area contributed by atoms with Crippen LogP contribution in [0.2, 0.25) is 0 Å². The van der Waals surface area contributed by atoms with Crippen molar-refractivity contribution in [3.05, 3.63) is 64.9 Å². The summed E-state index contributed by atoms with van der Waals surface area (Å²) in [4.78, 5) is 17.5. The van der Waals surface area contributed by atoms with Gasteiger partial charge < -0.3 is 19.5 Å². The second-order valence-corrected chi connectivity index (χ2v) is 7.56. The number of benzene rings is 2. The lowest BCUT2D eigenvalue weighted by atomic mass is 10.2. The molecule has 4 aromatic rings. The van der Waals surface area contributed by atoms with Gasteiger partial charge in [-0.05, 0) is 60.8 Å². The summed E-state index contributed by atoms with van der Waals surface area (Å²) in [6, 6.07) is 16.9. The quantitative estimate of drug-likeness (QED) is 0.485. The molecule has 1 aliphatic heterocycles. The second-order valence-electron chi connectivity index (χ2n) is 6.61. The molecule has 2 aromatic carbocycles. The lowest BCUT2D eigenvalue weighted by Gasteiger charge is -2.08. The molecule has 0 aliphatic carbocycles. The molecule has 31 heavy (non-hydrogen) atoms. The first kappa shape index (κ1) is 19.1. The number of rotatable bonds is 6. The first-order valence-electron chi connectivity index (χ1n) is 9.66. The van der Waals surface area contributed by atoms with Crippen LogP contribution < -0.4 is 19.5 Å². The second kappa shape index (κ2) is 8.11. The summed E-state index contributed by atoms with van der Waals surface area (Å²) in [6.07, 6.45) is 0. The number of fused-ring (bicyclic) bond motifs is 1. The Labute approximate surface area is 182 Å². The summed E-state index contributed by atoms with van der Waals surface area (Å²) in [5.41, 5.74) is 2.29. The summed E-state index contributed by atoms with van der Waals surface area (Å²) in [6.45, 7) is 2.54. The number of hydrogen-bond acceptors (Lipinski definition) is 7. The number of anilines is 1. The average Bonchev–Trinajstić information content (AvgIpc) is 3.54. The molecule has 0 fully saturated rings. The Morgan fingerprint density at radius 1 is 1.16 bits per heavy atom. The predicted molar refractivity (Wildman–Crippen MR) is 116 cm³/mol. The first-order chi connectivity index (χ1) is 15.2. The molecule has 156 valence electrons. The Kier molecular flexibility index (Phi) is 5.01. The highest BCUT2D eigenvalue weighted by molar-refractivity contribution is 7.12. The van der Waals surface area contributed by atoms with Crippen LogP contribution in [0.25, 0.3) is 17.1 Å². The lowest BCUT2D eigenvalue weighted by molar-refractivity contribution is 0.103. The number of aromatic nitrogens is 3. The van der Waals surface area contributed by atoms with Crippen molar-refractivity contribution in [2.75, 3.05) is 18.7 Å². The maximum absolute atomic E-state index is 12.3. The maximum Gasteiger partial charge on any atom is 0.336 e. The van der Waals surface area contributed by atoms with Crippen molar-refractivity contribution < 1.29 is 19.0 Å². The van der Waals surface area contributed by atoms with Gasteiger partial charge >= 0.3 is 6.01 Å². The molecule has 0 atom stereocenters. The molecule has 3 heterocycles. The fraction of sp³-hybridized carbons (Fsp3) is 0.136. The van der Waals surface area contributed by atoms with E-state index in [0.29, 0.717) is 34.5 Å². The van der Waals surface area contributed by atoms with E-state index in [-0.39, 0.29) is 18.7 Å². The van der Waals surface area contributed by atoms with Crippen LogP contribution in [0.4, 0.5) is 5.69 Å². The van der Waals surface area contributed by atoms with E-state index in [0.717, 1.165) is 11.3 Å². The largest absolute Gasteiger partial charge is 0.463 e. The Hall–Kier alpha value is -3.85. The van der Waals surface area contributed by atoms with Crippen LogP contribution in [0.1, 0.15) is 16.6 Å². The number of hydrogen-bond donors (Lipinski definition) is 1. The third-order valence-corrected chi connectivity index (χ3v) is 5.48. The van der Waals surface area contributed by atoms with Crippen molar-refractivity contribution in [1.82, 2.24) is 14.8 Å². The van der Waals surface area contributed by atoms with Crippen molar-refractivity contribution in [2.45, 2.75) is 6.92 Å². The monoisotopic (exact) mass is 434 g/mol. The van der Waals surface area contributed by atoms with E-state index in [1.807, 2.05) is 60.8 Å². The summed E-state index contributed by atoms with van der Waals surface area (Å²) in [5, 5.41) is 9.26. The molecular formula is C22H18N4O4S. The van der Waals surface area contributed by atoms with E-state index in [9.17, 15) is 4.79 Å². The van der Waals surface area contributed by atoms with Crippen molar-refractivity contribution in [1.29, 1.82) is 0 Å². The van der Waals surface area contributed by atoms with Crippen LogP contribution in [-0.4, -0.2) is 34.1 Å². The molecule has 9 heteroatoms. The van der Waals surface area contributed by atoms with E-state index in [1.165, 1.54) is 11.3 Å². The number of nitrogens with one attached hydrogen (secondary N) is 1. The Morgan fingerprint density at radius 2 is 2.00 bits per heavy atom. The van der Waals surface area contributed by atoms with Crippen molar-refractivity contribution in [3.63, 3.8) is 0 Å². The van der Waals surface area contributed by atoms with E-state index < -0.39 is 0 Å². The zero-order valence-electron chi connectivity index (χ0n) is 16.6. The number of carbonyl (C=O) groups excluding carboxylic acids is 1. The molecule has 1 N–H and O–H groups in total. The zero-order chi connectivity index (χ0) is 21.2. The van der Waals surface area contributed by atoms with Crippen LogP contribution >= 0.6 is 11.3 Å². The Morgan fingerprint density at radius 3 is 2.77 bits per heavy atom. The molecule has 2 aromatic heterocycles. The number of amides is 1. The van der Waals surface area contributed by atoms with Gasteiger partial charge in [-0.1, -0.05) is 6.07 Å². The molecule has 8 nitrogen and oxygen atoms in total. The van der Waals surface area contributed by atoms with Crippen molar-refractivity contribution >= 4 is 22.9 Å². The van der Waals surface area contributed by atoms with Crippen LogP contribution in [0, 0.1) is 0 Å². The Bertz CT molecular complexity index is 1220.